The Morgan fingerprint density at radius 3 is 2.44 bits per heavy atom. The van der Waals surface area contributed by atoms with Crippen LogP contribution in [-0.4, -0.2) is 34.4 Å². The van der Waals surface area contributed by atoms with E-state index in [9.17, 15) is 10.2 Å². The van der Waals surface area contributed by atoms with Crippen molar-refractivity contribution in [3.8, 4) is 5.75 Å². The topological polar surface area (TPSA) is 52.5 Å². The normalized spacial score (nSPS) is 16.2. The molecule has 0 aliphatic heterocycles. The first kappa shape index (κ1) is 15.3. The molecule has 0 heterocycles. The Kier molecular flexibility index (Phi) is 5.99. The summed E-state index contributed by atoms with van der Waals surface area (Å²) >= 11 is 1.64. The third-order valence-corrected chi connectivity index (χ3v) is 3.80. The molecule has 2 unspecified atom stereocenters. The highest BCUT2D eigenvalue weighted by molar-refractivity contribution is 7.98. The molecule has 1 aromatic carbocycles. The summed E-state index contributed by atoms with van der Waals surface area (Å²) < 4.78 is 0. The molecule has 3 nitrogen and oxygen atoms in total. The molecule has 0 aromatic heterocycles. The maximum atomic E-state index is 10.1. The number of hydrogen-bond acceptors (Lipinski definition) is 4. The van der Waals surface area contributed by atoms with Gasteiger partial charge >= 0.3 is 0 Å². The lowest BCUT2D eigenvalue weighted by atomic mass is 10.0. The van der Waals surface area contributed by atoms with E-state index in [2.05, 4.69) is 12.2 Å². The number of thioether (sulfide) groups is 1. The fourth-order valence-electron chi connectivity index (χ4n) is 1.91. The van der Waals surface area contributed by atoms with Crippen molar-refractivity contribution in [2.75, 3.05) is 18.6 Å². The lowest BCUT2D eigenvalue weighted by Gasteiger charge is -2.26. The summed E-state index contributed by atoms with van der Waals surface area (Å²) in [5.74, 6) is 0.995. The monoisotopic (exact) mass is 269 g/mol. The van der Waals surface area contributed by atoms with Gasteiger partial charge in [-0.2, -0.15) is 11.8 Å². The molecule has 0 radical (unpaired) electrons. The van der Waals surface area contributed by atoms with Crippen molar-refractivity contribution in [2.45, 2.75) is 31.9 Å². The second-order valence-corrected chi connectivity index (χ2v) is 5.73. The fraction of sp³-hybridized carbons (Fsp3) is 0.571. The van der Waals surface area contributed by atoms with Gasteiger partial charge in [0.2, 0.25) is 0 Å². The maximum Gasteiger partial charge on any atom is 0.115 e. The SMILES string of the molecule is CCC(NCC(C)(O)CSC)c1ccc(O)cc1. The first-order valence-electron chi connectivity index (χ1n) is 6.22. The van der Waals surface area contributed by atoms with E-state index in [-0.39, 0.29) is 11.8 Å². The van der Waals surface area contributed by atoms with Crippen LogP contribution in [0.5, 0.6) is 5.75 Å². The molecule has 1 rings (SSSR count). The summed E-state index contributed by atoms with van der Waals surface area (Å²) in [6.07, 6.45) is 2.94. The van der Waals surface area contributed by atoms with Gasteiger partial charge in [0.15, 0.2) is 0 Å². The molecule has 0 spiro atoms. The fourth-order valence-corrected chi connectivity index (χ4v) is 2.63. The molecule has 0 bridgehead atoms. The molecule has 2 atom stereocenters. The van der Waals surface area contributed by atoms with Crippen molar-refractivity contribution in [3.63, 3.8) is 0 Å². The predicted molar refractivity (Wildman–Crippen MR) is 78.1 cm³/mol. The lowest BCUT2D eigenvalue weighted by Crippen LogP contribution is -2.41. The van der Waals surface area contributed by atoms with E-state index < -0.39 is 5.60 Å². The number of nitrogens with one attached hydrogen (secondary N) is 1. The number of aliphatic hydroxyl groups is 1. The molecule has 0 saturated heterocycles. The minimum absolute atomic E-state index is 0.207. The van der Waals surface area contributed by atoms with Gasteiger partial charge in [0.25, 0.3) is 0 Å². The van der Waals surface area contributed by atoms with Crippen LogP contribution >= 0.6 is 11.8 Å². The molecule has 0 amide bonds. The zero-order chi connectivity index (χ0) is 13.6. The van der Waals surface area contributed by atoms with E-state index in [0.717, 1.165) is 12.0 Å². The molecule has 1 aromatic rings. The largest absolute Gasteiger partial charge is 0.508 e. The molecule has 4 heteroatoms. The highest BCUT2D eigenvalue weighted by Gasteiger charge is 2.21. The van der Waals surface area contributed by atoms with Crippen LogP contribution in [0, 0.1) is 0 Å². The highest BCUT2D eigenvalue weighted by atomic mass is 32.2. The second-order valence-electron chi connectivity index (χ2n) is 4.86. The summed E-state index contributed by atoms with van der Waals surface area (Å²) in [4.78, 5) is 0. The Morgan fingerprint density at radius 2 is 1.94 bits per heavy atom. The molecular formula is C14H23NO2S. The first-order valence-corrected chi connectivity index (χ1v) is 7.61. The lowest BCUT2D eigenvalue weighted by molar-refractivity contribution is 0.0812. The Bertz CT molecular complexity index is 351. The van der Waals surface area contributed by atoms with Crippen molar-refractivity contribution in [1.82, 2.24) is 5.32 Å². The van der Waals surface area contributed by atoms with Gasteiger partial charge in [0, 0.05) is 18.3 Å². The van der Waals surface area contributed by atoms with E-state index in [1.807, 2.05) is 25.3 Å². The number of benzene rings is 1. The van der Waals surface area contributed by atoms with Gasteiger partial charge in [-0.25, -0.2) is 0 Å². The highest BCUT2D eigenvalue weighted by Crippen LogP contribution is 2.20. The van der Waals surface area contributed by atoms with Crippen molar-refractivity contribution in [2.24, 2.45) is 0 Å². The smallest absolute Gasteiger partial charge is 0.115 e. The van der Waals surface area contributed by atoms with Crippen LogP contribution in [0.25, 0.3) is 0 Å². The van der Waals surface area contributed by atoms with Gasteiger partial charge in [-0.3, -0.25) is 0 Å². The number of phenols is 1. The molecule has 18 heavy (non-hydrogen) atoms. The Hall–Kier alpha value is -0.710. The van der Waals surface area contributed by atoms with Crippen LogP contribution in [0.3, 0.4) is 0 Å². The van der Waals surface area contributed by atoms with Crippen LogP contribution in [0.4, 0.5) is 0 Å². The standard InChI is InChI=1S/C14H23NO2S/c1-4-13(11-5-7-12(16)8-6-11)15-9-14(2,17)10-18-3/h5-8,13,15-17H,4,9-10H2,1-3H3. The summed E-state index contributed by atoms with van der Waals surface area (Å²) in [5.41, 5.74) is 0.444. The molecular weight excluding hydrogens is 246 g/mol. The number of rotatable bonds is 7. The summed E-state index contributed by atoms with van der Waals surface area (Å²) in [7, 11) is 0. The second kappa shape index (κ2) is 7.02. The van der Waals surface area contributed by atoms with Gasteiger partial charge in [0.05, 0.1) is 5.60 Å². The van der Waals surface area contributed by atoms with Crippen LogP contribution < -0.4 is 5.32 Å². The summed E-state index contributed by atoms with van der Waals surface area (Å²) in [6.45, 7) is 4.51. The predicted octanol–water partition coefficient (Wildman–Crippen LogP) is 2.55. The van der Waals surface area contributed by atoms with Crippen molar-refractivity contribution >= 4 is 11.8 Å². The van der Waals surface area contributed by atoms with E-state index >= 15 is 0 Å². The van der Waals surface area contributed by atoms with Gasteiger partial charge in [-0.1, -0.05) is 19.1 Å². The third-order valence-electron chi connectivity index (χ3n) is 2.89. The minimum atomic E-state index is -0.691. The quantitative estimate of drug-likeness (QED) is 0.712. The van der Waals surface area contributed by atoms with Crippen molar-refractivity contribution in [3.05, 3.63) is 29.8 Å². The molecule has 0 aliphatic carbocycles. The van der Waals surface area contributed by atoms with E-state index in [4.69, 9.17) is 0 Å². The number of hydrogen-bond donors (Lipinski definition) is 3. The minimum Gasteiger partial charge on any atom is -0.508 e. The zero-order valence-corrected chi connectivity index (χ0v) is 12.1. The molecule has 102 valence electrons. The zero-order valence-electron chi connectivity index (χ0n) is 11.3. The maximum absolute atomic E-state index is 10.1. The van der Waals surface area contributed by atoms with Crippen molar-refractivity contribution < 1.29 is 10.2 Å². The first-order chi connectivity index (χ1) is 8.48. The van der Waals surface area contributed by atoms with Crippen LogP contribution in [0.2, 0.25) is 0 Å². The van der Waals surface area contributed by atoms with E-state index in [1.165, 1.54) is 0 Å². The molecule has 0 aliphatic rings. The Labute approximate surface area is 114 Å². The van der Waals surface area contributed by atoms with Gasteiger partial charge in [-0.15, -0.1) is 0 Å². The number of phenolic OH excluding ortho intramolecular Hbond substituents is 1. The number of aromatic hydroxyl groups is 1. The van der Waals surface area contributed by atoms with Gasteiger partial charge in [0.1, 0.15) is 5.75 Å². The van der Waals surface area contributed by atoms with Crippen LogP contribution in [-0.2, 0) is 0 Å². The molecule has 3 N–H and O–H groups in total. The van der Waals surface area contributed by atoms with Gasteiger partial charge < -0.3 is 15.5 Å². The van der Waals surface area contributed by atoms with E-state index in [0.29, 0.717) is 12.3 Å². The average Bonchev–Trinajstić information content (AvgIpc) is 2.32. The van der Waals surface area contributed by atoms with Crippen molar-refractivity contribution in [1.29, 1.82) is 0 Å². The Morgan fingerprint density at radius 1 is 1.33 bits per heavy atom. The van der Waals surface area contributed by atoms with E-state index in [1.54, 1.807) is 23.9 Å². The summed E-state index contributed by atoms with van der Waals surface area (Å²) in [5, 5.41) is 22.8. The van der Waals surface area contributed by atoms with Crippen LogP contribution in [0.15, 0.2) is 24.3 Å². The third kappa shape index (κ3) is 4.88. The van der Waals surface area contributed by atoms with Crippen LogP contribution in [0.1, 0.15) is 31.9 Å². The Balaban J connectivity index is 2.60. The van der Waals surface area contributed by atoms with Gasteiger partial charge in [-0.05, 0) is 37.3 Å². The average molecular weight is 269 g/mol. The summed E-state index contributed by atoms with van der Waals surface area (Å²) in [6, 6.07) is 7.43. The molecule has 0 saturated carbocycles. The molecule has 0 fully saturated rings.